The largest absolute Gasteiger partial charge is 0.270 e. The van der Waals surface area contributed by atoms with Crippen molar-refractivity contribution < 1.29 is 17.0 Å². The van der Waals surface area contributed by atoms with Crippen LogP contribution in [0.5, 0.6) is 0 Å². The molecule has 0 aromatic heterocycles. The van der Waals surface area contributed by atoms with Gasteiger partial charge in [-0.2, -0.15) is 8.42 Å². The Hall–Kier alpha value is -0.160. The molecule has 0 bridgehead atoms. The van der Waals surface area contributed by atoms with Gasteiger partial charge in [-0.15, -0.1) is 0 Å². The highest BCUT2D eigenvalue weighted by atomic mass is 32.2. The van der Waals surface area contributed by atoms with Gasteiger partial charge in [-0.3, -0.25) is 8.57 Å². The van der Waals surface area contributed by atoms with E-state index >= 15 is 0 Å². The lowest BCUT2D eigenvalue weighted by molar-refractivity contribution is 0.305. The summed E-state index contributed by atoms with van der Waals surface area (Å²) in [5.74, 6) is 0.134. The Morgan fingerprint density at radius 2 is 1.00 bits per heavy atom. The standard InChI is InChI=1S/C22H45FO3S/c1-2-3-4-5-6-7-8-9-12-15-18-21-26-27(24,25)22-19-16-13-10-11-14-17-20-23/h2-22H2,1H3. The van der Waals surface area contributed by atoms with E-state index in [2.05, 4.69) is 6.92 Å². The van der Waals surface area contributed by atoms with E-state index in [1.54, 1.807) is 0 Å². The molecule has 0 radical (unpaired) electrons. The van der Waals surface area contributed by atoms with Crippen LogP contribution in [0.4, 0.5) is 4.39 Å². The topological polar surface area (TPSA) is 43.4 Å². The van der Waals surface area contributed by atoms with Crippen LogP contribution < -0.4 is 0 Å². The first-order valence-corrected chi connectivity index (χ1v) is 13.1. The maximum Gasteiger partial charge on any atom is 0.267 e. The molecule has 0 aliphatic heterocycles. The third-order valence-corrected chi connectivity index (χ3v) is 6.35. The Balaban J connectivity index is 3.32. The zero-order chi connectivity index (χ0) is 20.1. The fraction of sp³-hybridized carbons (Fsp3) is 1.00. The quantitative estimate of drug-likeness (QED) is 0.139. The first-order valence-electron chi connectivity index (χ1n) is 11.6. The average molecular weight is 409 g/mol. The van der Waals surface area contributed by atoms with Crippen LogP contribution in [0.3, 0.4) is 0 Å². The third kappa shape index (κ3) is 22.0. The molecule has 0 aromatic carbocycles. The Morgan fingerprint density at radius 1 is 0.593 bits per heavy atom. The molecule has 0 spiro atoms. The van der Waals surface area contributed by atoms with Crippen LogP contribution in [0, 0.1) is 0 Å². The van der Waals surface area contributed by atoms with Crippen molar-refractivity contribution in [2.45, 2.75) is 122 Å². The van der Waals surface area contributed by atoms with Crippen molar-refractivity contribution in [3.63, 3.8) is 0 Å². The van der Waals surface area contributed by atoms with Crippen LogP contribution in [0.25, 0.3) is 0 Å². The van der Waals surface area contributed by atoms with Crippen LogP contribution in [-0.4, -0.2) is 27.5 Å². The molecule has 0 N–H and O–H groups in total. The van der Waals surface area contributed by atoms with E-state index in [1.165, 1.54) is 57.8 Å². The highest BCUT2D eigenvalue weighted by molar-refractivity contribution is 7.86. The number of hydrogen-bond acceptors (Lipinski definition) is 3. The Kier molecular flexibility index (Phi) is 20.4. The third-order valence-electron chi connectivity index (χ3n) is 5.04. The van der Waals surface area contributed by atoms with Crippen LogP contribution in [0.1, 0.15) is 122 Å². The molecule has 0 heterocycles. The predicted molar refractivity (Wildman–Crippen MR) is 114 cm³/mol. The van der Waals surface area contributed by atoms with Crippen molar-refractivity contribution in [1.82, 2.24) is 0 Å². The number of unbranched alkanes of at least 4 members (excludes halogenated alkanes) is 16. The molecular formula is C22H45FO3S. The van der Waals surface area contributed by atoms with Crippen LogP contribution >= 0.6 is 0 Å². The Labute approximate surface area is 169 Å². The summed E-state index contributed by atoms with van der Waals surface area (Å²) in [6.07, 6.45) is 20.1. The second-order valence-corrected chi connectivity index (χ2v) is 9.54. The van der Waals surface area contributed by atoms with Crippen molar-refractivity contribution in [2.24, 2.45) is 0 Å². The fourth-order valence-electron chi connectivity index (χ4n) is 3.27. The van der Waals surface area contributed by atoms with Crippen molar-refractivity contribution in [3.8, 4) is 0 Å². The van der Waals surface area contributed by atoms with Crippen LogP contribution in [-0.2, 0) is 14.3 Å². The average Bonchev–Trinajstić information content (AvgIpc) is 2.64. The molecule has 164 valence electrons. The molecule has 5 heteroatoms. The zero-order valence-electron chi connectivity index (χ0n) is 17.9. The van der Waals surface area contributed by atoms with E-state index in [0.717, 1.165) is 44.9 Å². The molecule has 27 heavy (non-hydrogen) atoms. The van der Waals surface area contributed by atoms with Crippen molar-refractivity contribution in [2.75, 3.05) is 19.0 Å². The Morgan fingerprint density at radius 3 is 1.48 bits per heavy atom. The Bertz CT molecular complexity index is 385. The molecule has 0 rings (SSSR count). The van der Waals surface area contributed by atoms with E-state index in [4.69, 9.17) is 4.18 Å². The molecule has 0 amide bonds. The number of hydrogen-bond donors (Lipinski definition) is 0. The van der Waals surface area contributed by atoms with Gasteiger partial charge in [-0.05, 0) is 19.3 Å². The first-order chi connectivity index (χ1) is 13.1. The molecule has 0 saturated carbocycles. The highest BCUT2D eigenvalue weighted by Crippen LogP contribution is 2.12. The SMILES string of the molecule is CCCCCCCCCCCCCOS(=O)(=O)CCCCCCCCCF. The minimum absolute atomic E-state index is 0.134. The summed E-state index contributed by atoms with van der Waals surface area (Å²) in [6.45, 7) is 2.35. The lowest BCUT2D eigenvalue weighted by Gasteiger charge is -2.06. The smallest absolute Gasteiger partial charge is 0.267 e. The monoisotopic (exact) mass is 408 g/mol. The van der Waals surface area contributed by atoms with Gasteiger partial charge in [-0.25, -0.2) is 0 Å². The summed E-state index contributed by atoms with van der Waals surface area (Å²) in [5, 5.41) is 0. The molecule has 0 unspecified atom stereocenters. The minimum Gasteiger partial charge on any atom is -0.270 e. The maximum atomic E-state index is 11.9. The minimum atomic E-state index is -3.35. The van der Waals surface area contributed by atoms with Gasteiger partial charge in [-0.1, -0.05) is 103 Å². The van der Waals surface area contributed by atoms with Gasteiger partial charge in [0.05, 0.1) is 19.0 Å². The predicted octanol–water partition coefficient (Wildman–Crippen LogP) is 7.34. The molecule has 0 atom stereocenters. The normalized spacial score (nSPS) is 11.9. The lowest BCUT2D eigenvalue weighted by Crippen LogP contribution is -2.11. The molecule has 0 aliphatic carbocycles. The molecule has 3 nitrogen and oxygen atoms in total. The molecular weight excluding hydrogens is 363 g/mol. The molecule has 0 aromatic rings. The molecule has 0 aliphatic rings. The van der Waals surface area contributed by atoms with E-state index in [-0.39, 0.29) is 12.4 Å². The fourth-order valence-corrected chi connectivity index (χ4v) is 4.32. The number of rotatable bonds is 22. The summed E-state index contributed by atoms with van der Waals surface area (Å²) in [5.41, 5.74) is 0. The second-order valence-electron chi connectivity index (χ2n) is 7.78. The van der Waals surface area contributed by atoms with Gasteiger partial charge in [0.1, 0.15) is 0 Å². The van der Waals surface area contributed by atoms with Crippen molar-refractivity contribution >= 4 is 10.1 Å². The van der Waals surface area contributed by atoms with E-state index in [1.807, 2.05) is 0 Å². The van der Waals surface area contributed by atoms with Crippen LogP contribution in [0.2, 0.25) is 0 Å². The van der Waals surface area contributed by atoms with Gasteiger partial charge < -0.3 is 0 Å². The zero-order valence-corrected chi connectivity index (χ0v) is 18.7. The summed E-state index contributed by atoms with van der Waals surface area (Å²) in [7, 11) is -3.35. The van der Waals surface area contributed by atoms with Crippen LogP contribution in [0.15, 0.2) is 0 Å². The van der Waals surface area contributed by atoms with Gasteiger partial charge in [0.25, 0.3) is 10.1 Å². The maximum absolute atomic E-state index is 11.9. The first kappa shape index (κ1) is 26.8. The molecule has 0 fully saturated rings. The van der Waals surface area contributed by atoms with Crippen molar-refractivity contribution in [1.29, 1.82) is 0 Å². The van der Waals surface area contributed by atoms with E-state index in [0.29, 0.717) is 19.4 Å². The van der Waals surface area contributed by atoms with Crippen molar-refractivity contribution in [3.05, 3.63) is 0 Å². The number of alkyl halides is 1. The lowest BCUT2D eigenvalue weighted by atomic mass is 10.1. The summed E-state index contributed by atoms with van der Waals surface area (Å²) < 4.78 is 40.7. The number of halogens is 1. The van der Waals surface area contributed by atoms with Gasteiger partial charge in [0.15, 0.2) is 0 Å². The van der Waals surface area contributed by atoms with Gasteiger partial charge >= 0.3 is 0 Å². The highest BCUT2D eigenvalue weighted by Gasteiger charge is 2.10. The second kappa shape index (κ2) is 20.6. The summed E-state index contributed by atoms with van der Waals surface area (Å²) in [4.78, 5) is 0. The van der Waals surface area contributed by atoms with E-state index in [9.17, 15) is 12.8 Å². The van der Waals surface area contributed by atoms with E-state index < -0.39 is 10.1 Å². The van der Waals surface area contributed by atoms with Gasteiger partial charge in [0.2, 0.25) is 0 Å². The molecule has 0 saturated heterocycles. The van der Waals surface area contributed by atoms with Gasteiger partial charge in [0, 0.05) is 0 Å². The summed E-state index contributed by atoms with van der Waals surface area (Å²) in [6, 6.07) is 0. The summed E-state index contributed by atoms with van der Waals surface area (Å²) >= 11 is 0.